The molecule has 1 N–H and O–H groups in total. The van der Waals surface area contributed by atoms with Crippen LogP contribution in [0.15, 0.2) is 59.0 Å². The molecule has 3 aromatic rings. The fourth-order valence-corrected chi connectivity index (χ4v) is 2.61. The molecule has 0 aliphatic rings. The molecule has 31 heavy (non-hydrogen) atoms. The number of rotatable bonds is 7. The predicted molar refractivity (Wildman–Crippen MR) is 102 cm³/mol. The number of hydrogen-bond acceptors (Lipinski definition) is 6. The molecule has 0 spiro atoms. The van der Waals surface area contributed by atoms with Crippen LogP contribution in [0.25, 0.3) is 0 Å². The van der Waals surface area contributed by atoms with Crippen molar-refractivity contribution in [3.63, 3.8) is 0 Å². The molecule has 0 aliphatic carbocycles. The summed E-state index contributed by atoms with van der Waals surface area (Å²) in [6.07, 6.45) is -4.81. The second-order valence-corrected chi connectivity index (χ2v) is 6.36. The van der Waals surface area contributed by atoms with Crippen LogP contribution >= 0.6 is 11.6 Å². The molecule has 0 aliphatic heterocycles. The molecule has 3 rings (SSSR count). The first-order valence-electron chi connectivity index (χ1n) is 8.43. The van der Waals surface area contributed by atoms with Crippen LogP contribution in [0.5, 0.6) is 11.5 Å². The Kier molecular flexibility index (Phi) is 6.35. The maximum absolute atomic E-state index is 12.2. The van der Waals surface area contributed by atoms with Gasteiger partial charge in [-0.25, -0.2) is 0 Å². The van der Waals surface area contributed by atoms with Crippen molar-refractivity contribution < 1.29 is 36.8 Å². The van der Waals surface area contributed by atoms with Crippen LogP contribution in [0.2, 0.25) is 5.02 Å². The number of anilines is 1. The molecule has 162 valence electrons. The van der Waals surface area contributed by atoms with Crippen LogP contribution in [-0.2, 0) is 6.61 Å². The Hall–Kier alpha value is -3.73. The number of hydrogen-bond donors (Lipinski definition) is 1. The maximum Gasteiger partial charge on any atom is 0.573 e. The van der Waals surface area contributed by atoms with Crippen LogP contribution in [0.4, 0.5) is 24.5 Å². The van der Waals surface area contributed by atoms with Gasteiger partial charge in [-0.15, -0.1) is 13.2 Å². The second kappa shape index (κ2) is 8.96. The Labute approximate surface area is 177 Å². The summed E-state index contributed by atoms with van der Waals surface area (Å²) in [5.74, 6) is -0.662. The van der Waals surface area contributed by atoms with Crippen LogP contribution in [0.1, 0.15) is 16.3 Å². The van der Waals surface area contributed by atoms with Crippen LogP contribution in [0, 0.1) is 10.1 Å². The highest BCUT2D eigenvalue weighted by atomic mass is 35.5. The number of nitrogens with zero attached hydrogens (tertiary/aromatic N) is 1. The molecule has 2 aromatic carbocycles. The lowest BCUT2D eigenvalue weighted by atomic mass is 10.3. The van der Waals surface area contributed by atoms with Gasteiger partial charge in [-0.3, -0.25) is 14.9 Å². The van der Waals surface area contributed by atoms with E-state index in [4.69, 9.17) is 20.8 Å². The predicted octanol–water partition coefficient (Wildman–Crippen LogP) is 5.57. The number of alkyl halides is 3. The molecule has 1 amide bonds. The summed E-state index contributed by atoms with van der Waals surface area (Å²) in [7, 11) is 0. The average molecular weight is 457 g/mol. The average Bonchev–Trinajstić information content (AvgIpc) is 3.16. The fraction of sp³-hybridized carbons (Fsp3) is 0.105. The number of nitrogens with one attached hydrogen (secondary N) is 1. The van der Waals surface area contributed by atoms with E-state index in [-0.39, 0.29) is 40.3 Å². The first-order chi connectivity index (χ1) is 14.6. The highest BCUT2D eigenvalue weighted by Gasteiger charge is 2.31. The van der Waals surface area contributed by atoms with Crippen LogP contribution < -0.4 is 14.8 Å². The van der Waals surface area contributed by atoms with Crippen molar-refractivity contribution >= 4 is 28.9 Å². The van der Waals surface area contributed by atoms with E-state index in [1.807, 2.05) is 0 Å². The van der Waals surface area contributed by atoms with Gasteiger partial charge < -0.3 is 19.2 Å². The maximum atomic E-state index is 12.2. The van der Waals surface area contributed by atoms with Gasteiger partial charge in [-0.2, -0.15) is 0 Å². The van der Waals surface area contributed by atoms with Crippen molar-refractivity contribution in [1.29, 1.82) is 0 Å². The number of amides is 1. The first-order valence-corrected chi connectivity index (χ1v) is 8.81. The van der Waals surface area contributed by atoms with Crippen molar-refractivity contribution in [3.8, 4) is 11.5 Å². The van der Waals surface area contributed by atoms with Crippen molar-refractivity contribution in [3.05, 3.63) is 81.3 Å². The van der Waals surface area contributed by atoms with Gasteiger partial charge in [-0.1, -0.05) is 11.6 Å². The quantitative estimate of drug-likeness (QED) is 0.368. The van der Waals surface area contributed by atoms with E-state index in [9.17, 15) is 28.1 Å². The van der Waals surface area contributed by atoms with E-state index < -0.39 is 22.9 Å². The minimum atomic E-state index is -4.81. The van der Waals surface area contributed by atoms with E-state index in [2.05, 4.69) is 10.1 Å². The van der Waals surface area contributed by atoms with Gasteiger partial charge in [0.25, 0.3) is 11.6 Å². The SMILES string of the molecule is O=C(Nc1ccc(OC(F)(F)F)cc1)c1ccc(COc2ccc([N+](=O)[O-])cc2Cl)o1. The van der Waals surface area contributed by atoms with Gasteiger partial charge in [0.15, 0.2) is 5.76 Å². The number of non-ortho nitro benzene ring substituents is 1. The van der Waals surface area contributed by atoms with E-state index in [1.54, 1.807) is 0 Å². The largest absolute Gasteiger partial charge is 0.573 e. The molecule has 8 nitrogen and oxygen atoms in total. The molecule has 0 saturated carbocycles. The number of ether oxygens (including phenoxy) is 2. The zero-order valence-electron chi connectivity index (χ0n) is 15.3. The third-order valence-corrected chi connectivity index (χ3v) is 4.02. The summed E-state index contributed by atoms with van der Waals surface area (Å²) < 4.78 is 51.1. The lowest BCUT2D eigenvalue weighted by Gasteiger charge is -2.09. The summed E-state index contributed by atoms with van der Waals surface area (Å²) in [5, 5.41) is 13.2. The molecular formula is C19H12ClF3N2O6. The number of carbonyl (C=O) groups is 1. The lowest BCUT2D eigenvalue weighted by Crippen LogP contribution is -2.17. The molecule has 1 heterocycles. The molecule has 0 radical (unpaired) electrons. The third-order valence-electron chi connectivity index (χ3n) is 3.73. The Morgan fingerprint density at radius 2 is 1.84 bits per heavy atom. The van der Waals surface area contributed by atoms with Gasteiger partial charge in [0.05, 0.1) is 9.95 Å². The van der Waals surface area contributed by atoms with Gasteiger partial charge >= 0.3 is 6.36 Å². The Balaban J connectivity index is 1.58. The van der Waals surface area contributed by atoms with E-state index >= 15 is 0 Å². The number of nitro benzene ring substituents is 1. The van der Waals surface area contributed by atoms with E-state index in [1.165, 1.54) is 36.4 Å². The minimum Gasteiger partial charge on any atom is -0.484 e. The molecule has 0 bridgehead atoms. The van der Waals surface area contributed by atoms with Crippen molar-refractivity contribution in [2.24, 2.45) is 0 Å². The number of carbonyl (C=O) groups excluding carboxylic acids is 1. The summed E-state index contributed by atoms with van der Waals surface area (Å²) in [5.41, 5.74) is 0.0405. The van der Waals surface area contributed by atoms with Gasteiger partial charge in [0.1, 0.15) is 23.9 Å². The zero-order valence-corrected chi connectivity index (χ0v) is 16.1. The van der Waals surface area contributed by atoms with E-state index in [0.717, 1.165) is 18.2 Å². The number of benzene rings is 2. The Bertz CT molecular complexity index is 1100. The molecule has 12 heteroatoms. The molecule has 0 atom stereocenters. The monoisotopic (exact) mass is 456 g/mol. The van der Waals surface area contributed by atoms with Crippen molar-refractivity contribution in [2.75, 3.05) is 5.32 Å². The van der Waals surface area contributed by atoms with Crippen molar-refractivity contribution in [2.45, 2.75) is 13.0 Å². The third kappa shape index (κ3) is 6.12. The van der Waals surface area contributed by atoms with Gasteiger partial charge in [0.2, 0.25) is 0 Å². The van der Waals surface area contributed by atoms with E-state index in [0.29, 0.717) is 0 Å². The van der Waals surface area contributed by atoms with Gasteiger partial charge in [-0.05, 0) is 42.5 Å². The second-order valence-electron chi connectivity index (χ2n) is 5.95. The zero-order chi connectivity index (χ0) is 22.6. The normalized spacial score (nSPS) is 11.1. The molecule has 0 unspecified atom stereocenters. The summed E-state index contributed by atoms with van der Waals surface area (Å²) in [6, 6.07) is 11.2. The Morgan fingerprint density at radius 3 is 2.45 bits per heavy atom. The van der Waals surface area contributed by atoms with Crippen molar-refractivity contribution in [1.82, 2.24) is 0 Å². The number of nitro groups is 1. The summed E-state index contributed by atoms with van der Waals surface area (Å²) in [6.45, 7) is -0.103. The highest BCUT2D eigenvalue weighted by Crippen LogP contribution is 2.29. The standard InChI is InChI=1S/C19H12ClF3N2O6/c20-15-9-12(25(27)28)3-7-16(15)29-10-14-6-8-17(30-14)18(26)24-11-1-4-13(5-2-11)31-19(21,22)23/h1-9H,10H2,(H,24,26). The Morgan fingerprint density at radius 1 is 1.13 bits per heavy atom. The number of furan rings is 1. The highest BCUT2D eigenvalue weighted by molar-refractivity contribution is 6.32. The fourth-order valence-electron chi connectivity index (χ4n) is 2.38. The van der Waals surface area contributed by atoms with Gasteiger partial charge in [0, 0.05) is 17.8 Å². The van der Waals surface area contributed by atoms with Crippen LogP contribution in [0.3, 0.4) is 0 Å². The first kappa shape index (κ1) is 22.0. The minimum absolute atomic E-state index is 0.0386. The molecule has 1 aromatic heterocycles. The molecule has 0 saturated heterocycles. The topological polar surface area (TPSA) is 104 Å². The molecular weight excluding hydrogens is 445 g/mol. The summed E-state index contributed by atoms with van der Waals surface area (Å²) >= 11 is 5.94. The number of halogens is 4. The summed E-state index contributed by atoms with van der Waals surface area (Å²) in [4.78, 5) is 22.4. The smallest absolute Gasteiger partial charge is 0.484 e. The van der Waals surface area contributed by atoms with Crippen LogP contribution in [-0.4, -0.2) is 17.2 Å². The molecule has 0 fully saturated rings. The lowest BCUT2D eigenvalue weighted by molar-refractivity contribution is -0.384.